The van der Waals surface area contributed by atoms with Crippen molar-refractivity contribution in [2.75, 3.05) is 18.5 Å². The Hall–Kier alpha value is -2.90. The fourth-order valence-corrected chi connectivity index (χ4v) is 3.40. The Bertz CT molecular complexity index is 985. The van der Waals surface area contributed by atoms with Crippen LogP contribution in [0.3, 0.4) is 0 Å². The number of nitrogens with zero attached hydrogens (tertiary/aromatic N) is 2. The molecule has 2 aromatic rings. The van der Waals surface area contributed by atoms with E-state index in [2.05, 4.69) is 40.9 Å². The number of allylic oxidation sites excluding steroid dienone is 5. The summed E-state index contributed by atoms with van der Waals surface area (Å²) in [4.78, 5) is 22.3. The number of pyridine rings is 1. The first kappa shape index (κ1) is 19.9. The zero-order chi connectivity index (χ0) is 20.3. The number of aromatic nitrogens is 2. The summed E-state index contributed by atoms with van der Waals surface area (Å²) in [5, 5.41) is 13.0. The van der Waals surface area contributed by atoms with Crippen LogP contribution >= 0.6 is 0 Å². The van der Waals surface area contributed by atoms with Gasteiger partial charge in [-0.25, -0.2) is 10.5 Å². The van der Waals surface area contributed by atoms with Crippen molar-refractivity contribution in [3.8, 4) is 0 Å². The summed E-state index contributed by atoms with van der Waals surface area (Å²) in [6.45, 7) is 6.06. The number of anilines is 1. The van der Waals surface area contributed by atoms with E-state index in [-0.39, 0.29) is 19.1 Å². The third kappa shape index (κ3) is 3.72. The monoisotopic (exact) mass is 382 g/mol. The number of carbonyl (C=O) groups excluding carboxylic acids is 1. The Morgan fingerprint density at radius 3 is 2.96 bits per heavy atom. The topological polar surface area (TPSA) is 88.4 Å². The highest BCUT2D eigenvalue weighted by Crippen LogP contribution is 2.33. The molecule has 2 heterocycles. The molecule has 2 aromatic heterocycles. The Morgan fingerprint density at radius 2 is 2.25 bits per heavy atom. The van der Waals surface area contributed by atoms with E-state index >= 15 is 0 Å². The SMILES string of the molecule is C/C=C1/C=C(C)C(Nc2c(C(=O)NOCCO)c3cccnc3n2C)=CC1C. The number of carbonyl (C=O) groups is 1. The lowest BCUT2D eigenvalue weighted by Gasteiger charge is -2.22. The zero-order valence-electron chi connectivity index (χ0n) is 16.6. The van der Waals surface area contributed by atoms with E-state index in [1.54, 1.807) is 12.3 Å². The minimum Gasteiger partial charge on any atom is -0.394 e. The summed E-state index contributed by atoms with van der Waals surface area (Å²) in [5.41, 5.74) is 6.84. The molecule has 1 amide bonds. The summed E-state index contributed by atoms with van der Waals surface area (Å²) >= 11 is 0. The number of aliphatic hydroxyl groups excluding tert-OH is 1. The number of nitrogens with one attached hydrogen (secondary N) is 2. The Morgan fingerprint density at radius 1 is 1.46 bits per heavy atom. The van der Waals surface area contributed by atoms with Crippen LogP contribution in [0.2, 0.25) is 0 Å². The molecule has 1 atom stereocenters. The Labute approximate surface area is 164 Å². The highest BCUT2D eigenvalue weighted by molar-refractivity contribution is 6.11. The third-order valence-corrected chi connectivity index (χ3v) is 4.87. The van der Waals surface area contributed by atoms with Crippen LogP contribution < -0.4 is 10.8 Å². The molecule has 0 aliphatic heterocycles. The van der Waals surface area contributed by atoms with Crippen LogP contribution in [0.5, 0.6) is 0 Å². The van der Waals surface area contributed by atoms with E-state index in [4.69, 9.17) is 9.94 Å². The van der Waals surface area contributed by atoms with Crippen molar-refractivity contribution in [1.82, 2.24) is 15.0 Å². The fourth-order valence-electron chi connectivity index (χ4n) is 3.40. The quantitative estimate of drug-likeness (QED) is 0.528. The largest absolute Gasteiger partial charge is 0.394 e. The van der Waals surface area contributed by atoms with E-state index in [1.165, 1.54) is 5.57 Å². The number of hydrogen-bond donors (Lipinski definition) is 3. The summed E-state index contributed by atoms with van der Waals surface area (Å²) in [7, 11) is 1.87. The molecule has 0 aromatic carbocycles. The molecule has 0 saturated carbocycles. The first-order valence-corrected chi connectivity index (χ1v) is 9.28. The minimum atomic E-state index is -0.394. The van der Waals surface area contributed by atoms with Crippen molar-refractivity contribution in [2.45, 2.75) is 20.8 Å². The van der Waals surface area contributed by atoms with Crippen molar-refractivity contribution < 1.29 is 14.7 Å². The van der Waals surface area contributed by atoms with Gasteiger partial charge in [-0.1, -0.05) is 25.2 Å². The highest BCUT2D eigenvalue weighted by atomic mass is 16.7. The third-order valence-electron chi connectivity index (χ3n) is 4.87. The molecule has 3 N–H and O–H groups in total. The molecule has 148 valence electrons. The van der Waals surface area contributed by atoms with E-state index < -0.39 is 5.91 Å². The van der Waals surface area contributed by atoms with Crippen LogP contribution in [0.25, 0.3) is 11.0 Å². The molecule has 0 saturated heterocycles. The summed E-state index contributed by atoms with van der Waals surface area (Å²) in [6, 6.07) is 3.65. The molecule has 0 bridgehead atoms. The molecule has 1 aliphatic rings. The van der Waals surface area contributed by atoms with Crippen LogP contribution in [0.4, 0.5) is 5.82 Å². The van der Waals surface area contributed by atoms with Crippen molar-refractivity contribution >= 4 is 22.8 Å². The van der Waals surface area contributed by atoms with Gasteiger partial charge < -0.3 is 15.0 Å². The van der Waals surface area contributed by atoms with Gasteiger partial charge in [-0.2, -0.15) is 0 Å². The second-order valence-electron chi connectivity index (χ2n) is 6.77. The summed E-state index contributed by atoms with van der Waals surface area (Å²) < 4.78 is 1.86. The van der Waals surface area contributed by atoms with Crippen molar-refractivity contribution in [1.29, 1.82) is 0 Å². The molecule has 7 heteroatoms. The Kier molecular flexibility index (Phi) is 5.96. The van der Waals surface area contributed by atoms with E-state index in [0.717, 1.165) is 16.7 Å². The molecule has 1 aliphatic carbocycles. The van der Waals surface area contributed by atoms with Gasteiger partial charge in [0, 0.05) is 30.2 Å². The number of rotatable bonds is 6. The van der Waals surface area contributed by atoms with Gasteiger partial charge in [0.25, 0.3) is 5.91 Å². The number of amides is 1. The second-order valence-corrected chi connectivity index (χ2v) is 6.77. The van der Waals surface area contributed by atoms with Gasteiger partial charge in [-0.15, -0.1) is 0 Å². The van der Waals surface area contributed by atoms with Crippen LogP contribution in [-0.4, -0.2) is 33.8 Å². The molecule has 0 spiro atoms. The van der Waals surface area contributed by atoms with Gasteiger partial charge in [0.2, 0.25) is 0 Å². The molecule has 0 fully saturated rings. The van der Waals surface area contributed by atoms with Crippen molar-refractivity contribution in [3.63, 3.8) is 0 Å². The van der Waals surface area contributed by atoms with Crippen LogP contribution in [0.1, 0.15) is 31.1 Å². The number of hydroxylamine groups is 1. The highest BCUT2D eigenvalue weighted by Gasteiger charge is 2.24. The maximum absolute atomic E-state index is 12.8. The first-order chi connectivity index (χ1) is 13.5. The standard InChI is InChI=1S/C21H26N4O3/c1-5-15-11-14(3)17(12-13(15)2)23-20-18(21(27)24-28-10-9-26)16-7-6-8-22-19(16)25(20)4/h5-8,11-13,23,26H,9-10H2,1-4H3,(H,24,27)/b15-5-. The van der Waals surface area contributed by atoms with Crippen LogP contribution in [0, 0.1) is 5.92 Å². The average Bonchev–Trinajstić information content (AvgIpc) is 2.97. The van der Waals surface area contributed by atoms with Gasteiger partial charge in [-0.05, 0) is 37.1 Å². The van der Waals surface area contributed by atoms with Gasteiger partial charge in [-0.3, -0.25) is 9.63 Å². The molecule has 1 unspecified atom stereocenters. The number of fused-ring (bicyclic) bond motifs is 1. The first-order valence-electron chi connectivity index (χ1n) is 9.28. The lowest BCUT2D eigenvalue weighted by molar-refractivity contribution is 0.0170. The van der Waals surface area contributed by atoms with Crippen molar-refractivity contribution in [2.24, 2.45) is 13.0 Å². The van der Waals surface area contributed by atoms with Gasteiger partial charge in [0.05, 0.1) is 18.8 Å². The maximum atomic E-state index is 12.8. The van der Waals surface area contributed by atoms with Crippen LogP contribution in [-0.2, 0) is 11.9 Å². The predicted octanol–water partition coefficient (Wildman–Crippen LogP) is 3.07. The average molecular weight is 382 g/mol. The molecule has 7 nitrogen and oxygen atoms in total. The summed E-state index contributed by atoms with van der Waals surface area (Å²) in [5.74, 6) is 0.512. The number of aryl methyl sites for hydroxylation is 1. The molecule has 3 rings (SSSR count). The lowest BCUT2D eigenvalue weighted by atomic mass is 9.91. The predicted molar refractivity (Wildman–Crippen MR) is 110 cm³/mol. The summed E-state index contributed by atoms with van der Waals surface area (Å²) in [6.07, 6.45) is 8.11. The van der Waals surface area contributed by atoms with Gasteiger partial charge in [0.15, 0.2) is 0 Å². The molecule has 0 radical (unpaired) electrons. The Balaban J connectivity index is 2.03. The van der Waals surface area contributed by atoms with E-state index in [9.17, 15) is 4.79 Å². The lowest BCUT2D eigenvalue weighted by Crippen LogP contribution is -2.26. The van der Waals surface area contributed by atoms with Crippen molar-refractivity contribution in [3.05, 3.63) is 59.0 Å². The fraction of sp³-hybridized carbons (Fsp3) is 0.333. The van der Waals surface area contributed by atoms with E-state index in [0.29, 0.717) is 17.0 Å². The molecular formula is C21H26N4O3. The van der Waals surface area contributed by atoms with Gasteiger partial charge in [0.1, 0.15) is 11.5 Å². The minimum absolute atomic E-state index is 0.0220. The smallest absolute Gasteiger partial charge is 0.279 e. The molecule has 28 heavy (non-hydrogen) atoms. The van der Waals surface area contributed by atoms with Gasteiger partial charge >= 0.3 is 0 Å². The number of hydrogen-bond acceptors (Lipinski definition) is 5. The van der Waals surface area contributed by atoms with E-state index in [1.807, 2.05) is 31.5 Å². The normalized spacial score (nSPS) is 18.2. The molecular weight excluding hydrogens is 356 g/mol. The zero-order valence-corrected chi connectivity index (χ0v) is 16.6. The van der Waals surface area contributed by atoms with Crippen LogP contribution in [0.15, 0.2) is 53.4 Å². The maximum Gasteiger partial charge on any atom is 0.279 e. The number of aliphatic hydroxyl groups is 1. The second kappa shape index (κ2) is 8.41.